The van der Waals surface area contributed by atoms with E-state index in [1.807, 2.05) is 6.92 Å². The van der Waals surface area contributed by atoms with Gasteiger partial charge in [-0.2, -0.15) is 0 Å². The number of nitro benzene ring substituents is 1. The predicted octanol–water partition coefficient (Wildman–Crippen LogP) is 4.64. The number of hydrogen-bond donors (Lipinski definition) is 0. The number of carbonyl (C=O) groups is 3. The summed E-state index contributed by atoms with van der Waals surface area (Å²) < 4.78 is 12.3. The summed E-state index contributed by atoms with van der Waals surface area (Å²) >= 11 is 0. The van der Waals surface area contributed by atoms with Gasteiger partial charge in [0.1, 0.15) is 11.5 Å². The number of amides is 1. The molecule has 0 atom stereocenters. The molecular formula is C26H29N3O7. The number of rotatable bonds is 10. The van der Waals surface area contributed by atoms with Gasteiger partial charge in [0.05, 0.1) is 30.9 Å². The van der Waals surface area contributed by atoms with Crippen molar-refractivity contribution in [3.05, 3.63) is 86.1 Å². The largest absolute Gasteiger partial charge is 0.467 e. The van der Waals surface area contributed by atoms with Crippen LogP contribution in [0.2, 0.25) is 0 Å². The van der Waals surface area contributed by atoms with Gasteiger partial charge in [0, 0.05) is 35.0 Å². The van der Waals surface area contributed by atoms with E-state index in [4.69, 9.17) is 9.15 Å². The first-order valence-corrected chi connectivity index (χ1v) is 11.6. The van der Waals surface area contributed by atoms with Gasteiger partial charge in [0.2, 0.25) is 0 Å². The smallest absolute Gasteiger partial charge is 0.355 e. The van der Waals surface area contributed by atoms with Crippen molar-refractivity contribution in [3.63, 3.8) is 0 Å². The van der Waals surface area contributed by atoms with Crippen LogP contribution in [0.5, 0.6) is 0 Å². The number of esters is 1. The van der Waals surface area contributed by atoms with Crippen molar-refractivity contribution < 1.29 is 28.5 Å². The SMILES string of the molecule is CCOC(=O)c1c(C)c(C(=O)CN(Cc2ccco2)C(=O)c2ccc(C)c([N+](=O)[O-])c2)c(C)n1CC. The molecule has 0 fully saturated rings. The van der Waals surface area contributed by atoms with Crippen LogP contribution >= 0.6 is 0 Å². The number of benzene rings is 1. The summed E-state index contributed by atoms with van der Waals surface area (Å²) in [4.78, 5) is 51.7. The Morgan fingerprint density at radius 3 is 2.44 bits per heavy atom. The van der Waals surface area contributed by atoms with Crippen LogP contribution in [-0.4, -0.2) is 45.2 Å². The Morgan fingerprint density at radius 1 is 1.14 bits per heavy atom. The highest BCUT2D eigenvalue weighted by Crippen LogP contribution is 2.26. The van der Waals surface area contributed by atoms with Gasteiger partial charge < -0.3 is 18.6 Å². The Kier molecular flexibility index (Phi) is 8.08. The fourth-order valence-corrected chi connectivity index (χ4v) is 4.33. The minimum Gasteiger partial charge on any atom is -0.467 e. The van der Waals surface area contributed by atoms with Gasteiger partial charge in [0.25, 0.3) is 11.6 Å². The summed E-state index contributed by atoms with van der Waals surface area (Å²) in [7, 11) is 0. The van der Waals surface area contributed by atoms with Crippen LogP contribution in [0.15, 0.2) is 41.0 Å². The molecule has 0 aliphatic heterocycles. The van der Waals surface area contributed by atoms with Crippen molar-refractivity contribution in [1.29, 1.82) is 0 Å². The van der Waals surface area contributed by atoms with Crippen LogP contribution < -0.4 is 0 Å². The fraction of sp³-hybridized carbons (Fsp3) is 0.346. The average molecular weight is 496 g/mol. The van der Waals surface area contributed by atoms with Crippen LogP contribution in [0.3, 0.4) is 0 Å². The second-order valence-corrected chi connectivity index (χ2v) is 8.32. The van der Waals surface area contributed by atoms with Gasteiger partial charge >= 0.3 is 5.97 Å². The maximum Gasteiger partial charge on any atom is 0.355 e. The number of aromatic nitrogens is 1. The van der Waals surface area contributed by atoms with Crippen LogP contribution in [0, 0.1) is 30.9 Å². The summed E-state index contributed by atoms with van der Waals surface area (Å²) in [5, 5.41) is 11.4. The standard InChI is InChI=1S/C26H29N3O7/c1-6-28-18(5)23(17(4)24(28)26(32)35-7-2)22(30)15-27(14-20-9-8-12-36-20)25(31)19-11-10-16(3)21(13-19)29(33)34/h8-13H,6-7,14-15H2,1-5H3. The van der Waals surface area contributed by atoms with Crippen LogP contribution in [-0.2, 0) is 17.8 Å². The van der Waals surface area contributed by atoms with E-state index >= 15 is 0 Å². The van der Waals surface area contributed by atoms with Crippen molar-refractivity contribution in [3.8, 4) is 0 Å². The predicted molar refractivity (Wildman–Crippen MR) is 131 cm³/mol. The molecule has 0 saturated carbocycles. The molecule has 0 aliphatic rings. The molecule has 3 aromatic rings. The first kappa shape index (κ1) is 26.4. The van der Waals surface area contributed by atoms with Gasteiger partial charge in [0.15, 0.2) is 5.78 Å². The van der Waals surface area contributed by atoms with Crippen LogP contribution in [0.1, 0.15) is 67.6 Å². The highest BCUT2D eigenvalue weighted by atomic mass is 16.6. The Morgan fingerprint density at radius 2 is 1.86 bits per heavy atom. The maximum atomic E-state index is 13.6. The number of ether oxygens (including phenoxy) is 1. The number of aryl methyl sites for hydroxylation is 1. The summed E-state index contributed by atoms with van der Waals surface area (Å²) in [5.41, 5.74) is 2.04. The second-order valence-electron chi connectivity index (χ2n) is 8.32. The summed E-state index contributed by atoms with van der Waals surface area (Å²) in [6, 6.07) is 7.54. The van der Waals surface area contributed by atoms with Gasteiger partial charge in [-0.05, 0) is 58.4 Å². The van der Waals surface area contributed by atoms with Gasteiger partial charge in [-0.15, -0.1) is 0 Å². The van der Waals surface area contributed by atoms with Crippen molar-refractivity contribution in [2.24, 2.45) is 0 Å². The molecule has 0 radical (unpaired) electrons. The van der Waals surface area contributed by atoms with E-state index in [-0.39, 0.29) is 36.7 Å². The van der Waals surface area contributed by atoms with Crippen LogP contribution in [0.4, 0.5) is 5.69 Å². The highest BCUT2D eigenvalue weighted by molar-refractivity contribution is 6.06. The lowest BCUT2D eigenvalue weighted by atomic mass is 10.0. The molecule has 190 valence electrons. The third-order valence-electron chi connectivity index (χ3n) is 6.03. The number of carbonyl (C=O) groups excluding carboxylic acids is 3. The summed E-state index contributed by atoms with van der Waals surface area (Å²) in [6.45, 7) is 8.89. The molecule has 0 unspecified atom stereocenters. The van der Waals surface area contributed by atoms with E-state index < -0.39 is 16.8 Å². The summed E-state index contributed by atoms with van der Waals surface area (Å²) in [6.07, 6.45) is 1.46. The Labute approximate surface area is 208 Å². The Bertz CT molecular complexity index is 1310. The molecule has 36 heavy (non-hydrogen) atoms. The average Bonchev–Trinajstić information content (AvgIpc) is 3.43. The molecule has 2 heterocycles. The van der Waals surface area contributed by atoms with Gasteiger partial charge in [-0.25, -0.2) is 4.79 Å². The zero-order chi connectivity index (χ0) is 26.6. The summed E-state index contributed by atoms with van der Waals surface area (Å²) in [5.74, 6) is -0.998. The Balaban J connectivity index is 2.00. The third kappa shape index (κ3) is 5.22. The molecule has 1 amide bonds. The van der Waals surface area contributed by atoms with E-state index in [0.717, 1.165) is 0 Å². The second kappa shape index (κ2) is 11.0. The molecule has 10 heteroatoms. The molecule has 0 N–H and O–H groups in total. The zero-order valence-corrected chi connectivity index (χ0v) is 21.0. The Hall–Kier alpha value is -4.21. The zero-order valence-electron chi connectivity index (χ0n) is 21.0. The van der Waals surface area contributed by atoms with E-state index in [0.29, 0.717) is 40.4 Å². The van der Waals surface area contributed by atoms with Gasteiger partial charge in [-0.3, -0.25) is 19.7 Å². The lowest BCUT2D eigenvalue weighted by Crippen LogP contribution is -2.35. The van der Waals surface area contributed by atoms with E-state index in [2.05, 4.69) is 0 Å². The molecule has 0 bridgehead atoms. The number of ketones is 1. The fourth-order valence-electron chi connectivity index (χ4n) is 4.33. The highest BCUT2D eigenvalue weighted by Gasteiger charge is 2.29. The molecule has 1 aromatic carbocycles. The minimum absolute atomic E-state index is 0.0173. The number of nitrogens with zero attached hydrogens (tertiary/aromatic N) is 3. The lowest BCUT2D eigenvalue weighted by molar-refractivity contribution is -0.385. The molecule has 2 aromatic heterocycles. The number of hydrogen-bond acceptors (Lipinski definition) is 7. The molecule has 0 saturated heterocycles. The normalized spacial score (nSPS) is 10.8. The van der Waals surface area contributed by atoms with Crippen molar-refractivity contribution in [2.75, 3.05) is 13.2 Å². The number of furan rings is 1. The third-order valence-corrected chi connectivity index (χ3v) is 6.03. The first-order valence-electron chi connectivity index (χ1n) is 11.6. The molecule has 0 spiro atoms. The molecule has 0 aliphatic carbocycles. The molecule has 10 nitrogen and oxygen atoms in total. The number of Topliss-reactive ketones (excluding diaryl/α,β-unsaturated/α-hetero) is 1. The monoisotopic (exact) mass is 495 g/mol. The van der Waals surface area contributed by atoms with E-state index in [9.17, 15) is 24.5 Å². The maximum absolute atomic E-state index is 13.6. The topological polar surface area (TPSA) is 125 Å². The van der Waals surface area contributed by atoms with Gasteiger partial charge in [-0.1, -0.05) is 6.07 Å². The van der Waals surface area contributed by atoms with E-state index in [1.165, 1.54) is 29.4 Å². The quantitative estimate of drug-likeness (QED) is 0.174. The lowest BCUT2D eigenvalue weighted by Gasteiger charge is -2.21. The van der Waals surface area contributed by atoms with E-state index in [1.54, 1.807) is 44.4 Å². The first-order chi connectivity index (χ1) is 17.1. The number of nitro groups is 1. The minimum atomic E-state index is -0.557. The van der Waals surface area contributed by atoms with Crippen molar-refractivity contribution in [1.82, 2.24) is 9.47 Å². The molecular weight excluding hydrogens is 466 g/mol. The van der Waals surface area contributed by atoms with Crippen LogP contribution in [0.25, 0.3) is 0 Å². The van der Waals surface area contributed by atoms with Crippen molar-refractivity contribution in [2.45, 2.75) is 47.7 Å². The van der Waals surface area contributed by atoms with Crippen molar-refractivity contribution >= 4 is 23.3 Å². The molecule has 3 rings (SSSR count).